The Hall–Kier alpha value is -0.440. The van der Waals surface area contributed by atoms with Gasteiger partial charge in [-0.2, -0.15) is 0 Å². The molecule has 36 heavy (non-hydrogen) atoms. The van der Waals surface area contributed by atoms with Crippen LogP contribution in [0, 0.1) is 6.92 Å². The van der Waals surface area contributed by atoms with Crippen molar-refractivity contribution < 1.29 is 12.4 Å². The molecule has 1 rings (SSSR count). The summed E-state index contributed by atoms with van der Waals surface area (Å²) in [6.45, 7) is 7.91. The van der Waals surface area contributed by atoms with Crippen LogP contribution in [-0.4, -0.2) is 33.1 Å². The molecule has 0 fully saturated rings. The molecular formula is C31H59O3PS. The minimum atomic E-state index is -3.82. The Kier molecular flexibility index (Phi) is 16.8. The van der Waals surface area contributed by atoms with Crippen LogP contribution in [0.5, 0.6) is 0 Å². The van der Waals surface area contributed by atoms with Crippen molar-refractivity contribution in [1.29, 1.82) is 0 Å². The van der Waals surface area contributed by atoms with Crippen molar-refractivity contribution in [3.63, 3.8) is 0 Å². The zero-order valence-corrected chi connectivity index (χ0v) is 26.2. The van der Waals surface area contributed by atoms with Gasteiger partial charge in [0.05, 0.1) is 0 Å². The topological polar surface area (TPSA) is 43.4 Å². The number of aryl methyl sites for hydroxylation is 1. The molecule has 0 N–H and O–H groups in total. The molecule has 5 heteroatoms. The molecule has 0 aromatic heterocycles. The Morgan fingerprint density at radius 1 is 0.583 bits per heavy atom. The Labute approximate surface area is 225 Å². The fourth-order valence-electron chi connectivity index (χ4n) is 5.73. The van der Waals surface area contributed by atoms with E-state index in [0.717, 1.165) is 55.9 Å². The van der Waals surface area contributed by atoms with Crippen LogP contribution in [-0.2, 0) is 14.1 Å². The van der Waals surface area contributed by atoms with E-state index >= 15 is 0 Å². The van der Waals surface area contributed by atoms with Crippen LogP contribution in [0.3, 0.4) is 0 Å². The summed E-state index contributed by atoms with van der Waals surface area (Å²) in [5.74, 6) is 0. The van der Waals surface area contributed by atoms with Crippen LogP contribution in [0.25, 0.3) is 0 Å². The van der Waals surface area contributed by atoms with Crippen molar-refractivity contribution in [3.05, 3.63) is 29.8 Å². The minimum absolute atomic E-state index is 0.378. The van der Waals surface area contributed by atoms with Gasteiger partial charge >= 0.3 is 226 Å². The number of hydrogen-bond donors (Lipinski definition) is 0. The van der Waals surface area contributed by atoms with Gasteiger partial charge < -0.3 is 0 Å². The first-order valence-electron chi connectivity index (χ1n) is 15.3. The van der Waals surface area contributed by atoms with Crippen LogP contribution >= 0.6 is 6.83 Å². The third kappa shape index (κ3) is 11.5. The molecular weight excluding hydrogens is 483 g/mol. The maximum absolute atomic E-state index is 14.0. The third-order valence-corrected chi connectivity index (χ3v) is 17.2. The molecule has 1 aromatic carbocycles. The standard InChI is InChI=1S/C31H59O3PS/c1-6-10-14-20-26-35(27-21-15-11-7-2,28-22-16-12-8-3,29-23-17-13-9-4)34-36(32,33)31-25-19-18-24-30(31)5/h18-19,24-25H,6-17,20-23,26-29H2,1-5H3. The molecule has 0 aliphatic rings. The summed E-state index contributed by atoms with van der Waals surface area (Å²) in [4.78, 5) is 0.378. The van der Waals surface area contributed by atoms with Crippen molar-refractivity contribution in [2.75, 3.05) is 24.6 Å². The van der Waals surface area contributed by atoms with Gasteiger partial charge in [0.15, 0.2) is 0 Å². The molecule has 0 radical (unpaired) electrons. The van der Waals surface area contributed by atoms with E-state index in [-0.39, 0.29) is 0 Å². The van der Waals surface area contributed by atoms with Crippen molar-refractivity contribution in [3.8, 4) is 0 Å². The molecule has 0 saturated carbocycles. The monoisotopic (exact) mass is 542 g/mol. The average Bonchev–Trinajstić information content (AvgIpc) is 2.85. The van der Waals surface area contributed by atoms with Gasteiger partial charge in [0.2, 0.25) is 0 Å². The summed E-state index contributed by atoms with van der Waals surface area (Å²) in [7, 11) is -3.82. The fourth-order valence-corrected chi connectivity index (χ4v) is 15.6. The van der Waals surface area contributed by atoms with E-state index in [2.05, 4.69) is 27.7 Å². The van der Waals surface area contributed by atoms with Gasteiger partial charge in [-0.25, -0.2) is 0 Å². The maximum atomic E-state index is 14.0. The van der Waals surface area contributed by atoms with E-state index in [4.69, 9.17) is 3.97 Å². The van der Waals surface area contributed by atoms with E-state index in [1.165, 1.54) is 77.0 Å². The first-order chi connectivity index (χ1) is 17.3. The molecule has 212 valence electrons. The zero-order valence-electron chi connectivity index (χ0n) is 24.5. The Bertz CT molecular complexity index is 746. The molecule has 1 aromatic rings. The van der Waals surface area contributed by atoms with Gasteiger partial charge in [-0.05, 0) is 0 Å². The molecule has 0 saturated heterocycles. The predicted molar refractivity (Wildman–Crippen MR) is 162 cm³/mol. The number of benzene rings is 1. The van der Waals surface area contributed by atoms with Crippen molar-refractivity contribution in [2.45, 2.75) is 142 Å². The van der Waals surface area contributed by atoms with E-state index in [0.29, 0.717) is 4.90 Å². The van der Waals surface area contributed by atoms with Gasteiger partial charge in [-0.1, -0.05) is 0 Å². The summed E-state index contributed by atoms with van der Waals surface area (Å²) in [5, 5.41) is 0. The van der Waals surface area contributed by atoms with Crippen molar-refractivity contribution in [1.82, 2.24) is 0 Å². The van der Waals surface area contributed by atoms with Gasteiger partial charge in [0.1, 0.15) is 0 Å². The van der Waals surface area contributed by atoms with Crippen molar-refractivity contribution in [2.24, 2.45) is 0 Å². The quantitative estimate of drug-likeness (QED) is 0.102. The Morgan fingerprint density at radius 3 is 1.28 bits per heavy atom. The van der Waals surface area contributed by atoms with Gasteiger partial charge in [-0.15, -0.1) is 0 Å². The Morgan fingerprint density at radius 2 is 0.944 bits per heavy atom. The summed E-state index contributed by atoms with van der Waals surface area (Å²) in [6.07, 6.45) is 22.7. The predicted octanol–water partition coefficient (Wildman–Crippen LogP) is 10.5. The molecule has 0 atom stereocenters. The first-order valence-corrected chi connectivity index (χ1v) is 19.6. The second-order valence-electron chi connectivity index (χ2n) is 11.3. The number of hydrogen-bond acceptors (Lipinski definition) is 3. The van der Waals surface area contributed by atoms with Crippen LogP contribution < -0.4 is 0 Å². The molecule has 0 amide bonds. The van der Waals surface area contributed by atoms with E-state index in [9.17, 15) is 8.42 Å². The van der Waals surface area contributed by atoms with E-state index in [1.807, 2.05) is 25.1 Å². The number of unbranched alkanes of at least 4 members (excludes halogenated alkanes) is 12. The van der Waals surface area contributed by atoms with Gasteiger partial charge in [0.25, 0.3) is 0 Å². The second kappa shape index (κ2) is 18.0. The fraction of sp³-hybridized carbons (Fsp3) is 0.806. The Balaban J connectivity index is 3.52. The normalized spacial score (nSPS) is 13.5. The molecule has 0 spiro atoms. The summed E-state index contributed by atoms with van der Waals surface area (Å²) >= 11 is 0. The first kappa shape index (κ1) is 33.6. The van der Waals surface area contributed by atoms with E-state index < -0.39 is 16.9 Å². The van der Waals surface area contributed by atoms with Crippen LogP contribution in [0.15, 0.2) is 29.2 Å². The molecule has 0 unspecified atom stereocenters. The summed E-state index contributed by atoms with van der Waals surface area (Å²) < 4.78 is 35.0. The van der Waals surface area contributed by atoms with Crippen LogP contribution in [0.1, 0.15) is 136 Å². The zero-order chi connectivity index (χ0) is 26.8. The third-order valence-electron chi connectivity index (χ3n) is 7.98. The van der Waals surface area contributed by atoms with Crippen LogP contribution in [0.4, 0.5) is 0 Å². The molecule has 0 aliphatic carbocycles. The van der Waals surface area contributed by atoms with Gasteiger partial charge in [0, 0.05) is 0 Å². The molecule has 0 heterocycles. The van der Waals surface area contributed by atoms with Gasteiger partial charge in [-0.3, -0.25) is 0 Å². The SMILES string of the molecule is CCCCCCP(CCCCCC)(CCCCCC)(CCCCCC)OS(=O)(=O)c1ccccc1C. The van der Waals surface area contributed by atoms with Crippen molar-refractivity contribution >= 4 is 16.9 Å². The molecule has 0 bridgehead atoms. The van der Waals surface area contributed by atoms with Crippen LogP contribution in [0.2, 0.25) is 0 Å². The summed E-state index contributed by atoms with van der Waals surface area (Å²) in [6, 6.07) is 7.40. The molecule has 3 nitrogen and oxygen atoms in total. The average molecular weight is 543 g/mol. The molecule has 0 aliphatic heterocycles. The summed E-state index contributed by atoms with van der Waals surface area (Å²) in [5.41, 5.74) is 0.794. The second-order valence-corrected chi connectivity index (χ2v) is 18.7. The van der Waals surface area contributed by atoms with E-state index in [1.54, 1.807) is 6.07 Å². The number of rotatable bonds is 23.